The highest BCUT2D eigenvalue weighted by molar-refractivity contribution is 5.77. The number of aryl methyl sites for hydroxylation is 1. The molecule has 1 aromatic heterocycles. The summed E-state index contributed by atoms with van der Waals surface area (Å²) in [5.74, 6) is 3.14. The SMILES string of the molecule is CCOc1ccc(O)c(C2Nc3ccc(C)cc3-c3nc(C4CC4)nn32)c1. The lowest BCUT2D eigenvalue weighted by Gasteiger charge is -2.29. The highest BCUT2D eigenvalue weighted by Gasteiger charge is 2.34. The molecule has 1 atom stereocenters. The third-order valence-corrected chi connectivity index (χ3v) is 5.15. The average Bonchev–Trinajstić information content (AvgIpc) is 3.41. The van der Waals surface area contributed by atoms with Crippen molar-refractivity contribution in [1.82, 2.24) is 14.8 Å². The number of hydrogen-bond donors (Lipinski definition) is 2. The van der Waals surface area contributed by atoms with E-state index < -0.39 is 0 Å². The summed E-state index contributed by atoms with van der Waals surface area (Å²) >= 11 is 0. The Morgan fingerprint density at radius 2 is 2.07 bits per heavy atom. The lowest BCUT2D eigenvalue weighted by Crippen LogP contribution is -2.26. The minimum absolute atomic E-state index is 0.209. The number of ether oxygens (including phenoxy) is 1. The van der Waals surface area contributed by atoms with Crippen LogP contribution in [0.4, 0.5) is 5.69 Å². The molecule has 1 unspecified atom stereocenters. The minimum atomic E-state index is -0.337. The molecule has 2 N–H and O–H groups in total. The first-order chi connectivity index (χ1) is 13.1. The first kappa shape index (κ1) is 16.2. The van der Waals surface area contributed by atoms with Crippen molar-refractivity contribution in [2.24, 2.45) is 0 Å². The highest BCUT2D eigenvalue weighted by atomic mass is 16.5. The van der Waals surface area contributed by atoms with Crippen molar-refractivity contribution >= 4 is 5.69 Å². The van der Waals surface area contributed by atoms with E-state index in [9.17, 15) is 5.11 Å². The van der Waals surface area contributed by atoms with E-state index in [0.717, 1.165) is 47.1 Å². The van der Waals surface area contributed by atoms with Crippen LogP contribution >= 0.6 is 0 Å². The van der Waals surface area contributed by atoms with Crippen LogP contribution in [0.5, 0.6) is 11.5 Å². The van der Waals surface area contributed by atoms with Gasteiger partial charge in [-0.2, -0.15) is 5.10 Å². The fourth-order valence-electron chi connectivity index (χ4n) is 3.61. The topological polar surface area (TPSA) is 72.2 Å². The number of phenols is 1. The van der Waals surface area contributed by atoms with Gasteiger partial charge in [-0.1, -0.05) is 11.6 Å². The minimum Gasteiger partial charge on any atom is -0.508 e. The lowest BCUT2D eigenvalue weighted by atomic mass is 10.0. The Hall–Kier alpha value is -3.02. The van der Waals surface area contributed by atoms with Crippen molar-refractivity contribution in [3.63, 3.8) is 0 Å². The third kappa shape index (κ3) is 2.72. The van der Waals surface area contributed by atoms with E-state index in [2.05, 4.69) is 30.4 Å². The molecule has 1 aliphatic carbocycles. The van der Waals surface area contributed by atoms with Gasteiger partial charge in [-0.15, -0.1) is 0 Å². The zero-order chi connectivity index (χ0) is 18.5. The molecule has 3 aromatic rings. The van der Waals surface area contributed by atoms with Crippen LogP contribution in [0, 0.1) is 6.92 Å². The van der Waals surface area contributed by atoms with Gasteiger partial charge in [-0.05, 0) is 57.0 Å². The van der Waals surface area contributed by atoms with Gasteiger partial charge in [0.25, 0.3) is 0 Å². The maximum atomic E-state index is 10.5. The standard InChI is InChI=1S/C21H22N4O2/c1-3-27-14-7-9-18(26)16(11-14)21-22-17-8-4-12(2)10-15(17)20-23-19(13-5-6-13)24-25(20)21/h4,7-11,13,21-22,26H,3,5-6H2,1-2H3. The molecule has 2 aromatic carbocycles. The number of aromatic nitrogens is 3. The van der Waals surface area contributed by atoms with Crippen molar-refractivity contribution in [1.29, 1.82) is 0 Å². The Kier molecular flexibility index (Phi) is 3.60. The second-order valence-corrected chi connectivity index (χ2v) is 7.26. The number of benzene rings is 2. The van der Waals surface area contributed by atoms with E-state index in [1.807, 2.05) is 17.7 Å². The summed E-state index contributed by atoms with van der Waals surface area (Å²) in [6, 6.07) is 11.6. The predicted molar refractivity (Wildman–Crippen MR) is 103 cm³/mol. The van der Waals surface area contributed by atoms with Crippen molar-refractivity contribution in [3.05, 3.63) is 53.3 Å². The van der Waals surface area contributed by atoms with Crippen LogP contribution in [-0.4, -0.2) is 26.5 Å². The molecule has 6 heteroatoms. The summed E-state index contributed by atoms with van der Waals surface area (Å²) in [5, 5.41) is 18.9. The number of hydrogen-bond acceptors (Lipinski definition) is 5. The van der Waals surface area contributed by atoms with Gasteiger partial charge in [0.15, 0.2) is 17.8 Å². The number of rotatable bonds is 4. The van der Waals surface area contributed by atoms with Crippen LogP contribution in [0.2, 0.25) is 0 Å². The van der Waals surface area contributed by atoms with E-state index in [-0.39, 0.29) is 11.9 Å². The molecule has 138 valence electrons. The summed E-state index contributed by atoms with van der Waals surface area (Å²) in [5.41, 5.74) is 3.94. The number of nitrogens with one attached hydrogen (secondary N) is 1. The van der Waals surface area contributed by atoms with Gasteiger partial charge in [0.1, 0.15) is 11.5 Å². The Bertz CT molecular complexity index is 1020. The molecule has 2 aliphatic rings. The predicted octanol–water partition coefficient (Wildman–Crippen LogP) is 4.21. The molecule has 0 bridgehead atoms. The molecule has 0 radical (unpaired) electrons. The van der Waals surface area contributed by atoms with Gasteiger partial charge >= 0.3 is 0 Å². The summed E-state index contributed by atoms with van der Waals surface area (Å²) in [6.45, 7) is 4.60. The molecule has 2 heterocycles. The van der Waals surface area contributed by atoms with E-state index in [1.165, 1.54) is 5.56 Å². The van der Waals surface area contributed by atoms with Crippen LogP contribution in [0.3, 0.4) is 0 Å². The summed E-state index contributed by atoms with van der Waals surface area (Å²) in [7, 11) is 0. The summed E-state index contributed by atoms with van der Waals surface area (Å²) < 4.78 is 7.54. The monoisotopic (exact) mass is 362 g/mol. The van der Waals surface area contributed by atoms with Crippen LogP contribution < -0.4 is 10.1 Å². The zero-order valence-corrected chi connectivity index (χ0v) is 15.4. The Labute approximate surface area is 157 Å². The van der Waals surface area contributed by atoms with E-state index in [0.29, 0.717) is 12.5 Å². The van der Waals surface area contributed by atoms with Gasteiger partial charge in [0.05, 0.1) is 6.61 Å². The molecular weight excluding hydrogens is 340 g/mol. The molecule has 0 spiro atoms. The smallest absolute Gasteiger partial charge is 0.163 e. The summed E-state index contributed by atoms with van der Waals surface area (Å²) in [4.78, 5) is 4.86. The largest absolute Gasteiger partial charge is 0.508 e. The maximum absolute atomic E-state index is 10.5. The molecule has 0 amide bonds. The molecule has 1 aliphatic heterocycles. The first-order valence-corrected chi connectivity index (χ1v) is 9.43. The summed E-state index contributed by atoms with van der Waals surface area (Å²) in [6.07, 6.45) is 1.95. The number of anilines is 1. The van der Waals surface area contributed by atoms with E-state index in [1.54, 1.807) is 12.1 Å². The Balaban J connectivity index is 1.67. The lowest BCUT2D eigenvalue weighted by molar-refractivity contribution is 0.338. The molecular formula is C21H22N4O2. The normalized spacial score (nSPS) is 17.8. The molecule has 6 nitrogen and oxygen atoms in total. The third-order valence-electron chi connectivity index (χ3n) is 5.15. The Morgan fingerprint density at radius 3 is 2.85 bits per heavy atom. The number of fused-ring (bicyclic) bond motifs is 3. The zero-order valence-electron chi connectivity index (χ0n) is 15.4. The quantitative estimate of drug-likeness (QED) is 0.727. The van der Waals surface area contributed by atoms with Gasteiger partial charge in [0.2, 0.25) is 0 Å². The highest BCUT2D eigenvalue weighted by Crippen LogP contribution is 2.44. The second kappa shape index (κ2) is 6.01. The number of phenolic OH excluding ortho intramolecular Hbond substituents is 1. The van der Waals surface area contributed by atoms with Gasteiger partial charge in [-0.3, -0.25) is 0 Å². The van der Waals surface area contributed by atoms with Crippen LogP contribution in [-0.2, 0) is 0 Å². The molecule has 27 heavy (non-hydrogen) atoms. The van der Waals surface area contributed by atoms with Crippen LogP contribution in [0.1, 0.15) is 48.8 Å². The molecule has 0 saturated heterocycles. The van der Waals surface area contributed by atoms with Crippen LogP contribution in [0.15, 0.2) is 36.4 Å². The van der Waals surface area contributed by atoms with Crippen molar-refractivity contribution in [3.8, 4) is 22.9 Å². The van der Waals surface area contributed by atoms with Crippen molar-refractivity contribution < 1.29 is 9.84 Å². The second-order valence-electron chi connectivity index (χ2n) is 7.26. The molecule has 5 rings (SSSR count). The fourth-order valence-corrected chi connectivity index (χ4v) is 3.61. The fraction of sp³-hybridized carbons (Fsp3) is 0.333. The maximum Gasteiger partial charge on any atom is 0.163 e. The van der Waals surface area contributed by atoms with Gasteiger partial charge < -0.3 is 15.2 Å². The van der Waals surface area contributed by atoms with Gasteiger partial charge in [0, 0.05) is 22.7 Å². The number of nitrogens with zero attached hydrogens (tertiary/aromatic N) is 3. The van der Waals surface area contributed by atoms with E-state index in [4.69, 9.17) is 14.8 Å². The van der Waals surface area contributed by atoms with Crippen molar-refractivity contribution in [2.75, 3.05) is 11.9 Å². The number of aromatic hydroxyl groups is 1. The average molecular weight is 362 g/mol. The van der Waals surface area contributed by atoms with Crippen molar-refractivity contribution in [2.45, 2.75) is 38.8 Å². The van der Waals surface area contributed by atoms with Gasteiger partial charge in [-0.25, -0.2) is 9.67 Å². The molecule has 1 saturated carbocycles. The van der Waals surface area contributed by atoms with E-state index >= 15 is 0 Å². The first-order valence-electron chi connectivity index (χ1n) is 9.43. The molecule has 1 fully saturated rings. The Morgan fingerprint density at radius 1 is 1.22 bits per heavy atom. The van der Waals surface area contributed by atoms with Crippen LogP contribution in [0.25, 0.3) is 11.4 Å².